The Hall–Kier alpha value is -0.970. The van der Waals surface area contributed by atoms with Crippen LogP contribution in [-0.2, 0) is 0 Å². The minimum Gasteiger partial charge on any atom is -0.493 e. The van der Waals surface area contributed by atoms with Crippen molar-refractivity contribution in [3.63, 3.8) is 0 Å². The van der Waals surface area contributed by atoms with Crippen molar-refractivity contribution in [2.45, 2.75) is 26.7 Å². The van der Waals surface area contributed by atoms with Crippen molar-refractivity contribution in [3.05, 3.63) is 28.8 Å². The molecule has 0 aliphatic rings. The summed E-state index contributed by atoms with van der Waals surface area (Å²) in [5.41, 5.74) is 0.487. The van der Waals surface area contributed by atoms with E-state index in [0.29, 0.717) is 29.5 Å². The normalized spacial score (nSPS) is 9.86. The zero-order chi connectivity index (χ0) is 14.8. The standard InChI is InChI=1S/C15H23ClN2O2.ClH/c1-3-7-17-8-9-18-15(19)13-11-12(16)5-6-14(13)20-10-4-2;/h5-6,11,17H,3-4,7-10H2,1-2H3,(H,18,19);1H. The summed E-state index contributed by atoms with van der Waals surface area (Å²) in [6.45, 7) is 7.01. The van der Waals surface area contributed by atoms with Crippen molar-refractivity contribution in [1.82, 2.24) is 10.6 Å². The van der Waals surface area contributed by atoms with E-state index >= 15 is 0 Å². The Labute approximate surface area is 138 Å². The van der Waals surface area contributed by atoms with Gasteiger partial charge in [-0.1, -0.05) is 25.4 Å². The van der Waals surface area contributed by atoms with Gasteiger partial charge in [-0.15, -0.1) is 12.4 Å². The van der Waals surface area contributed by atoms with Gasteiger partial charge >= 0.3 is 0 Å². The lowest BCUT2D eigenvalue weighted by Crippen LogP contribution is -2.32. The third-order valence-electron chi connectivity index (χ3n) is 2.66. The van der Waals surface area contributed by atoms with Crippen molar-refractivity contribution in [2.24, 2.45) is 0 Å². The smallest absolute Gasteiger partial charge is 0.255 e. The molecule has 0 aromatic heterocycles. The molecule has 1 rings (SSSR count). The van der Waals surface area contributed by atoms with Crippen LogP contribution in [-0.4, -0.2) is 32.1 Å². The third kappa shape index (κ3) is 7.55. The number of carbonyl (C=O) groups is 1. The number of benzene rings is 1. The summed E-state index contributed by atoms with van der Waals surface area (Å²) >= 11 is 5.95. The summed E-state index contributed by atoms with van der Waals surface area (Å²) in [5.74, 6) is 0.423. The van der Waals surface area contributed by atoms with Crippen molar-refractivity contribution >= 4 is 29.9 Å². The van der Waals surface area contributed by atoms with Crippen LogP contribution in [0.5, 0.6) is 5.75 Å². The first-order valence-electron chi connectivity index (χ1n) is 7.10. The lowest BCUT2D eigenvalue weighted by Gasteiger charge is -2.12. The van der Waals surface area contributed by atoms with Crippen molar-refractivity contribution < 1.29 is 9.53 Å². The number of hydrogen-bond donors (Lipinski definition) is 2. The number of rotatable bonds is 9. The lowest BCUT2D eigenvalue weighted by molar-refractivity contribution is 0.0950. The molecule has 0 aliphatic heterocycles. The summed E-state index contributed by atoms with van der Waals surface area (Å²) in [5, 5.41) is 6.62. The molecule has 2 N–H and O–H groups in total. The van der Waals surface area contributed by atoms with E-state index in [0.717, 1.165) is 25.9 Å². The molecule has 0 atom stereocenters. The molecule has 0 saturated carbocycles. The van der Waals surface area contributed by atoms with Crippen LogP contribution in [0.4, 0.5) is 0 Å². The van der Waals surface area contributed by atoms with E-state index in [1.807, 2.05) is 6.92 Å². The number of halogens is 2. The SMILES string of the molecule is CCCNCCNC(=O)c1cc(Cl)ccc1OCCC.Cl. The number of hydrogen-bond acceptors (Lipinski definition) is 3. The highest BCUT2D eigenvalue weighted by Crippen LogP contribution is 2.23. The van der Waals surface area contributed by atoms with Gasteiger partial charge in [0.25, 0.3) is 5.91 Å². The fourth-order valence-corrected chi connectivity index (χ4v) is 1.85. The quantitative estimate of drug-likeness (QED) is 0.681. The van der Waals surface area contributed by atoms with Crippen LogP contribution in [0.3, 0.4) is 0 Å². The van der Waals surface area contributed by atoms with Crippen molar-refractivity contribution in [2.75, 3.05) is 26.2 Å². The Kier molecular flexibility index (Phi) is 11.1. The Morgan fingerprint density at radius 2 is 1.95 bits per heavy atom. The molecule has 1 aromatic carbocycles. The highest BCUT2D eigenvalue weighted by Gasteiger charge is 2.12. The van der Waals surface area contributed by atoms with Crippen LogP contribution in [0.15, 0.2) is 18.2 Å². The van der Waals surface area contributed by atoms with Gasteiger partial charge in [-0.2, -0.15) is 0 Å². The summed E-state index contributed by atoms with van der Waals surface area (Å²) < 4.78 is 5.57. The molecule has 21 heavy (non-hydrogen) atoms. The van der Waals surface area contributed by atoms with Gasteiger partial charge in [0.15, 0.2) is 0 Å². The van der Waals surface area contributed by atoms with Gasteiger partial charge in [-0.05, 0) is 37.6 Å². The Balaban J connectivity index is 0.00000400. The molecule has 0 radical (unpaired) electrons. The Morgan fingerprint density at radius 1 is 1.19 bits per heavy atom. The maximum Gasteiger partial charge on any atom is 0.255 e. The van der Waals surface area contributed by atoms with Crippen LogP contribution in [0.2, 0.25) is 5.02 Å². The van der Waals surface area contributed by atoms with Gasteiger partial charge < -0.3 is 15.4 Å². The average Bonchev–Trinajstić information content (AvgIpc) is 2.45. The van der Waals surface area contributed by atoms with Crippen LogP contribution < -0.4 is 15.4 Å². The third-order valence-corrected chi connectivity index (χ3v) is 2.90. The first-order chi connectivity index (χ1) is 9.69. The van der Waals surface area contributed by atoms with E-state index in [-0.39, 0.29) is 18.3 Å². The van der Waals surface area contributed by atoms with Gasteiger partial charge in [-0.25, -0.2) is 0 Å². The van der Waals surface area contributed by atoms with E-state index in [1.54, 1.807) is 18.2 Å². The van der Waals surface area contributed by atoms with E-state index in [9.17, 15) is 4.79 Å². The summed E-state index contributed by atoms with van der Waals surface area (Å²) in [6, 6.07) is 5.11. The second-order valence-corrected chi connectivity index (χ2v) is 4.93. The molecular formula is C15H24Cl2N2O2. The van der Waals surface area contributed by atoms with Gasteiger partial charge in [0, 0.05) is 18.1 Å². The van der Waals surface area contributed by atoms with E-state index in [1.165, 1.54) is 0 Å². The zero-order valence-electron chi connectivity index (χ0n) is 12.6. The van der Waals surface area contributed by atoms with Gasteiger partial charge in [0.05, 0.1) is 12.2 Å². The highest BCUT2D eigenvalue weighted by molar-refractivity contribution is 6.31. The van der Waals surface area contributed by atoms with Crippen molar-refractivity contribution in [3.8, 4) is 5.75 Å². The molecule has 1 amide bonds. The number of carbonyl (C=O) groups excluding carboxylic acids is 1. The molecule has 0 spiro atoms. The molecule has 0 saturated heterocycles. The summed E-state index contributed by atoms with van der Waals surface area (Å²) in [6.07, 6.45) is 1.97. The topological polar surface area (TPSA) is 50.4 Å². The number of amides is 1. The van der Waals surface area contributed by atoms with E-state index in [2.05, 4.69) is 17.6 Å². The molecule has 4 nitrogen and oxygen atoms in total. The predicted molar refractivity (Wildman–Crippen MR) is 90.0 cm³/mol. The molecule has 0 bridgehead atoms. The fourth-order valence-electron chi connectivity index (χ4n) is 1.68. The number of ether oxygens (including phenoxy) is 1. The van der Waals surface area contributed by atoms with Crippen LogP contribution in [0.25, 0.3) is 0 Å². The van der Waals surface area contributed by atoms with Crippen LogP contribution >= 0.6 is 24.0 Å². The Bertz CT molecular complexity index is 428. The molecule has 0 unspecified atom stereocenters. The lowest BCUT2D eigenvalue weighted by atomic mass is 10.2. The maximum atomic E-state index is 12.1. The fraction of sp³-hybridized carbons (Fsp3) is 0.533. The zero-order valence-corrected chi connectivity index (χ0v) is 14.1. The second kappa shape index (κ2) is 11.7. The average molecular weight is 335 g/mol. The van der Waals surface area contributed by atoms with Crippen molar-refractivity contribution in [1.29, 1.82) is 0 Å². The maximum absolute atomic E-state index is 12.1. The highest BCUT2D eigenvalue weighted by atomic mass is 35.5. The van der Waals surface area contributed by atoms with Crippen LogP contribution in [0.1, 0.15) is 37.0 Å². The van der Waals surface area contributed by atoms with Crippen LogP contribution in [0, 0.1) is 0 Å². The molecular weight excluding hydrogens is 311 g/mol. The molecule has 0 fully saturated rings. The molecule has 6 heteroatoms. The molecule has 120 valence electrons. The minimum absolute atomic E-state index is 0. The largest absolute Gasteiger partial charge is 0.493 e. The first-order valence-corrected chi connectivity index (χ1v) is 7.48. The number of nitrogens with one attached hydrogen (secondary N) is 2. The summed E-state index contributed by atoms with van der Waals surface area (Å²) in [4.78, 5) is 12.1. The summed E-state index contributed by atoms with van der Waals surface area (Å²) in [7, 11) is 0. The Morgan fingerprint density at radius 3 is 2.62 bits per heavy atom. The minimum atomic E-state index is -0.156. The molecule has 0 heterocycles. The molecule has 0 aliphatic carbocycles. The van der Waals surface area contributed by atoms with Gasteiger partial charge in [0.1, 0.15) is 5.75 Å². The monoisotopic (exact) mass is 334 g/mol. The second-order valence-electron chi connectivity index (χ2n) is 4.49. The first kappa shape index (κ1) is 20.0. The van der Waals surface area contributed by atoms with Gasteiger partial charge in [0.2, 0.25) is 0 Å². The van der Waals surface area contributed by atoms with E-state index in [4.69, 9.17) is 16.3 Å². The van der Waals surface area contributed by atoms with Gasteiger partial charge in [-0.3, -0.25) is 4.79 Å². The molecule has 1 aromatic rings. The predicted octanol–water partition coefficient (Wildman–Crippen LogP) is 3.28. The van der Waals surface area contributed by atoms with E-state index < -0.39 is 0 Å².